The largest absolute Gasteiger partial charge is 0.348 e. The van der Waals surface area contributed by atoms with E-state index >= 15 is 0 Å². The highest BCUT2D eigenvalue weighted by Gasteiger charge is 2.23. The molecule has 0 aromatic heterocycles. The highest BCUT2D eigenvalue weighted by molar-refractivity contribution is 5.82. The van der Waals surface area contributed by atoms with Crippen molar-refractivity contribution in [3.8, 4) is 0 Å². The highest BCUT2D eigenvalue weighted by atomic mass is 16.2. The fraction of sp³-hybridized carbons (Fsp3) is 0.588. The van der Waals surface area contributed by atoms with E-state index in [0.29, 0.717) is 5.92 Å². The summed E-state index contributed by atoms with van der Waals surface area (Å²) in [5, 5.41) is 3.09. The SMILES string of the molecule is CCc1ccc(C(NC(=O)[C@H](N)C(C)C)C(C)C)cc1. The van der Waals surface area contributed by atoms with E-state index in [0.717, 1.165) is 12.0 Å². The summed E-state index contributed by atoms with van der Waals surface area (Å²) in [7, 11) is 0. The second-order valence-electron chi connectivity index (χ2n) is 6.10. The maximum atomic E-state index is 12.2. The van der Waals surface area contributed by atoms with E-state index in [1.54, 1.807) is 0 Å². The number of rotatable bonds is 6. The number of amides is 1. The van der Waals surface area contributed by atoms with Crippen molar-refractivity contribution in [2.24, 2.45) is 17.6 Å². The number of hydrogen-bond acceptors (Lipinski definition) is 2. The summed E-state index contributed by atoms with van der Waals surface area (Å²) >= 11 is 0. The van der Waals surface area contributed by atoms with Crippen molar-refractivity contribution in [3.63, 3.8) is 0 Å². The van der Waals surface area contributed by atoms with E-state index in [2.05, 4.69) is 50.4 Å². The standard InChI is InChI=1S/C17H28N2O/c1-6-13-7-9-14(10-8-13)16(12(4)5)19-17(20)15(18)11(2)3/h7-12,15-16H,6,18H2,1-5H3,(H,19,20)/t15-,16?/m1/s1. The van der Waals surface area contributed by atoms with Crippen LogP contribution in [0.2, 0.25) is 0 Å². The van der Waals surface area contributed by atoms with Crippen LogP contribution >= 0.6 is 0 Å². The molecule has 3 N–H and O–H groups in total. The molecule has 1 rings (SSSR count). The molecule has 0 spiro atoms. The zero-order valence-corrected chi connectivity index (χ0v) is 13.3. The maximum absolute atomic E-state index is 12.2. The first-order valence-corrected chi connectivity index (χ1v) is 7.51. The molecule has 0 saturated heterocycles. The van der Waals surface area contributed by atoms with Crippen molar-refractivity contribution in [1.82, 2.24) is 5.32 Å². The van der Waals surface area contributed by atoms with E-state index in [1.807, 2.05) is 13.8 Å². The van der Waals surface area contributed by atoms with Crippen LogP contribution in [0.25, 0.3) is 0 Å². The van der Waals surface area contributed by atoms with Crippen LogP contribution in [0.5, 0.6) is 0 Å². The Kier molecular flexibility index (Phi) is 6.21. The van der Waals surface area contributed by atoms with Gasteiger partial charge in [-0.15, -0.1) is 0 Å². The van der Waals surface area contributed by atoms with Crippen molar-refractivity contribution in [3.05, 3.63) is 35.4 Å². The quantitative estimate of drug-likeness (QED) is 0.839. The first-order valence-electron chi connectivity index (χ1n) is 7.51. The molecule has 0 saturated carbocycles. The Morgan fingerprint density at radius 2 is 1.65 bits per heavy atom. The van der Waals surface area contributed by atoms with E-state index in [9.17, 15) is 4.79 Å². The average Bonchev–Trinajstić information content (AvgIpc) is 2.43. The Balaban J connectivity index is 2.86. The Morgan fingerprint density at radius 1 is 1.10 bits per heavy atom. The highest BCUT2D eigenvalue weighted by Crippen LogP contribution is 2.22. The minimum atomic E-state index is -0.453. The number of nitrogens with one attached hydrogen (secondary N) is 1. The summed E-state index contributed by atoms with van der Waals surface area (Å²) in [4.78, 5) is 12.2. The molecule has 0 aliphatic rings. The summed E-state index contributed by atoms with van der Waals surface area (Å²) < 4.78 is 0. The Labute approximate surface area is 122 Å². The number of carbonyl (C=O) groups excluding carboxylic acids is 1. The van der Waals surface area contributed by atoms with Gasteiger partial charge in [0.25, 0.3) is 0 Å². The predicted octanol–water partition coefficient (Wildman–Crippen LogP) is 3.05. The average molecular weight is 276 g/mol. The number of carbonyl (C=O) groups is 1. The lowest BCUT2D eigenvalue weighted by Crippen LogP contribution is -2.46. The van der Waals surface area contributed by atoms with Gasteiger partial charge < -0.3 is 11.1 Å². The van der Waals surface area contributed by atoms with Crippen LogP contribution in [0.15, 0.2) is 24.3 Å². The molecule has 1 unspecified atom stereocenters. The third-order valence-electron chi connectivity index (χ3n) is 3.73. The van der Waals surface area contributed by atoms with Crippen molar-refractivity contribution >= 4 is 5.91 Å². The molecule has 0 bridgehead atoms. The van der Waals surface area contributed by atoms with Gasteiger partial charge in [-0.25, -0.2) is 0 Å². The van der Waals surface area contributed by atoms with Gasteiger partial charge in [0.2, 0.25) is 5.91 Å². The molecule has 0 fully saturated rings. The van der Waals surface area contributed by atoms with Gasteiger partial charge in [0, 0.05) is 0 Å². The van der Waals surface area contributed by atoms with E-state index in [1.165, 1.54) is 5.56 Å². The van der Waals surface area contributed by atoms with E-state index in [4.69, 9.17) is 5.73 Å². The van der Waals surface area contributed by atoms with E-state index < -0.39 is 6.04 Å². The van der Waals surface area contributed by atoms with Gasteiger partial charge in [-0.3, -0.25) is 4.79 Å². The molecule has 1 aromatic rings. The van der Waals surface area contributed by atoms with Crippen molar-refractivity contribution in [2.45, 2.75) is 53.1 Å². The van der Waals surface area contributed by atoms with E-state index in [-0.39, 0.29) is 17.9 Å². The second kappa shape index (κ2) is 7.44. The van der Waals surface area contributed by atoms with Gasteiger partial charge in [-0.1, -0.05) is 58.9 Å². The topological polar surface area (TPSA) is 55.1 Å². The van der Waals surface area contributed by atoms with Crippen molar-refractivity contribution in [2.75, 3.05) is 0 Å². The Hall–Kier alpha value is -1.35. The fourth-order valence-corrected chi connectivity index (χ4v) is 2.15. The Bertz CT molecular complexity index is 423. The third kappa shape index (κ3) is 4.34. The van der Waals surface area contributed by atoms with Gasteiger partial charge >= 0.3 is 0 Å². The van der Waals surface area contributed by atoms with Gasteiger partial charge in [0.15, 0.2) is 0 Å². The summed E-state index contributed by atoms with van der Waals surface area (Å²) in [6.45, 7) is 10.3. The summed E-state index contributed by atoms with van der Waals surface area (Å²) in [6, 6.07) is 8.01. The van der Waals surface area contributed by atoms with Crippen LogP contribution in [0, 0.1) is 11.8 Å². The molecule has 0 aliphatic carbocycles. The third-order valence-corrected chi connectivity index (χ3v) is 3.73. The number of hydrogen-bond donors (Lipinski definition) is 2. The van der Waals surface area contributed by atoms with Crippen LogP contribution in [0.4, 0.5) is 0 Å². The number of aryl methyl sites for hydroxylation is 1. The molecular formula is C17H28N2O. The molecule has 0 radical (unpaired) electrons. The van der Waals surface area contributed by atoms with Gasteiger partial charge in [-0.05, 0) is 29.4 Å². The molecule has 1 amide bonds. The molecule has 3 heteroatoms. The molecule has 1 aromatic carbocycles. The molecular weight excluding hydrogens is 248 g/mol. The molecule has 112 valence electrons. The van der Waals surface area contributed by atoms with Crippen LogP contribution in [-0.2, 0) is 11.2 Å². The molecule has 0 heterocycles. The van der Waals surface area contributed by atoms with Gasteiger partial charge in [-0.2, -0.15) is 0 Å². The number of nitrogens with two attached hydrogens (primary N) is 1. The maximum Gasteiger partial charge on any atom is 0.237 e. The molecule has 2 atom stereocenters. The zero-order valence-electron chi connectivity index (χ0n) is 13.3. The van der Waals surface area contributed by atoms with Crippen molar-refractivity contribution in [1.29, 1.82) is 0 Å². The minimum Gasteiger partial charge on any atom is -0.348 e. The monoisotopic (exact) mass is 276 g/mol. The molecule has 3 nitrogen and oxygen atoms in total. The lowest BCUT2D eigenvalue weighted by molar-refractivity contribution is -0.124. The summed E-state index contributed by atoms with van der Waals surface area (Å²) in [6.07, 6.45) is 1.03. The molecule has 0 aliphatic heterocycles. The normalized spacial score (nSPS) is 14.4. The second-order valence-corrected chi connectivity index (χ2v) is 6.10. The predicted molar refractivity (Wildman–Crippen MR) is 84.4 cm³/mol. The van der Waals surface area contributed by atoms with Crippen LogP contribution in [-0.4, -0.2) is 11.9 Å². The lowest BCUT2D eigenvalue weighted by Gasteiger charge is -2.26. The first kappa shape index (κ1) is 16.7. The van der Waals surface area contributed by atoms with Gasteiger partial charge in [0.05, 0.1) is 12.1 Å². The van der Waals surface area contributed by atoms with Crippen LogP contribution < -0.4 is 11.1 Å². The van der Waals surface area contributed by atoms with Gasteiger partial charge in [0.1, 0.15) is 0 Å². The fourth-order valence-electron chi connectivity index (χ4n) is 2.15. The van der Waals surface area contributed by atoms with Crippen molar-refractivity contribution < 1.29 is 4.79 Å². The lowest BCUT2D eigenvalue weighted by atomic mass is 9.94. The van der Waals surface area contributed by atoms with Crippen LogP contribution in [0.1, 0.15) is 51.8 Å². The Morgan fingerprint density at radius 3 is 2.05 bits per heavy atom. The summed E-state index contributed by atoms with van der Waals surface area (Å²) in [5.41, 5.74) is 8.37. The minimum absolute atomic E-state index is 0.0122. The summed E-state index contributed by atoms with van der Waals surface area (Å²) in [5.74, 6) is 0.398. The molecule has 20 heavy (non-hydrogen) atoms. The number of benzene rings is 1. The zero-order chi connectivity index (χ0) is 15.3. The first-order chi connectivity index (χ1) is 9.36. The smallest absolute Gasteiger partial charge is 0.237 e. The van der Waals surface area contributed by atoms with Crippen LogP contribution in [0.3, 0.4) is 0 Å².